The number of nitrogens with one attached hydrogen (secondary N) is 1. The van der Waals surface area contributed by atoms with Gasteiger partial charge in [0.05, 0.1) is 31.0 Å². The third-order valence-electron chi connectivity index (χ3n) is 4.99. The zero-order chi connectivity index (χ0) is 21.0. The van der Waals surface area contributed by atoms with Gasteiger partial charge in [-0.2, -0.15) is 4.98 Å². The molecular weight excluding hydrogens is 396 g/mol. The number of amides is 1. The summed E-state index contributed by atoms with van der Waals surface area (Å²) in [6.07, 6.45) is 5.53. The van der Waals surface area contributed by atoms with Gasteiger partial charge in [0.1, 0.15) is 16.6 Å². The van der Waals surface area contributed by atoms with E-state index in [1.165, 1.54) is 6.92 Å². The van der Waals surface area contributed by atoms with Gasteiger partial charge in [0.25, 0.3) is 6.01 Å². The maximum absolute atomic E-state index is 11.1. The lowest BCUT2D eigenvalue weighted by Gasteiger charge is -2.29. The number of pyridine rings is 1. The van der Waals surface area contributed by atoms with Crippen molar-refractivity contribution in [3.8, 4) is 11.9 Å². The number of rotatable bonds is 8. The zero-order valence-corrected chi connectivity index (χ0v) is 18.2. The van der Waals surface area contributed by atoms with E-state index in [2.05, 4.69) is 15.3 Å². The van der Waals surface area contributed by atoms with Crippen molar-refractivity contribution < 1.29 is 19.0 Å². The summed E-state index contributed by atoms with van der Waals surface area (Å²) >= 11 is 6.45. The van der Waals surface area contributed by atoms with Gasteiger partial charge >= 0.3 is 0 Å². The molecule has 1 amide bonds. The molecule has 1 fully saturated rings. The van der Waals surface area contributed by atoms with Gasteiger partial charge in [0, 0.05) is 20.0 Å². The van der Waals surface area contributed by atoms with E-state index in [9.17, 15) is 4.79 Å². The smallest absolute Gasteiger partial charge is 0.297 e. The molecule has 8 nitrogen and oxygen atoms in total. The summed E-state index contributed by atoms with van der Waals surface area (Å²) in [4.78, 5) is 19.8. The van der Waals surface area contributed by atoms with Crippen molar-refractivity contribution in [1.29, 1.82) is 0 Å². The maximum Gasteiger partial charge on any atom is 0.297 e. The normalized spacial score (nSPS) is 20.4. The summed E-state index contributed by atoms with van der Waals surface area (Å²) in [7, 11) is 1.88. The Labute approximate surface area is 175 Å². The van der Waals surface area contributed by atoms with Crippen LogP contribution in [0.3, 0.4) is 0 Å². The summed E-state index contributed by atoms with van der Waals surface area (Å²) in [6, 6.07) is 0.544. The van der Waals surface area contributed by atoms with Gasteiger partial charge < -0.3 is 19.5 Å². The van der Waals surface area contributed by atoms with Crippen LogP contribution in [0.2, 0.25) is 5.02 Å². The van der Waals surface area contributed by atoms with Gasteiger partial charge in [0.15, 0.2) is 0 Å². The molecular formula is C20H29ClN4O4. The molecule has 1 aliphatic carbocycles. The third kappa shape index (κ3) is 5.30. The highest BCUT2D eigenvalue weighted by molar-refractivity contribution is 6.36. The van der Waals surface area contributed by atoms with Crippen LogP contribution in [0.4, 0.5) is 0 Å². The Morgan fingerprint density at radius 3 is 2.69 bits per heavy atom. The molecule has 29 heavy (non-hydrogen) atoms. The molecule has 1 atom stereocenters. The van der Waals surface area contributed by atoms with Crippen molar-refractivity contribution >= 4 is 28.5 Å². The molecule has 0 unspecified atom stereocenters. The number of carbonyl (C=O) groups excluding carboxylic acids is 1. The summed E-state index contributed by atoms with van der Waals surface area (Å²) in [5.74, 6) is 0.367. The van der Waals surface area contributed by atoms with E-state index >= 15 is 0 Å². The molecule has 2 aromatic rings. The summed E-state index contributed by atoms with van der Waals surface area (Å²) in [5, 5.41) is 3.28. The predicted octanol–water partition coefficient (Wildman–Crippen LogP) is 3.25. The number of aromatic nitrogens is 3. The molecule has 1 aliphatic rings. The molecule has 0 radical (unpaired) electrons. The lowest BCUT2D eigenvalue weighted by atomic mass is 9.95. The third-order valence-corrected chi connectivity index (χ3v) is 5.33. The van der Waals surface area contributed by atoms with Crippen molar-refractivity contribution in [3.63, 3.8) is 0 Å². The van der Waals surface area contributed by atoms with Crippen LogP contribution in [0.25, 0.3) is 11.0 Å². The van der Waals surface area contributed by atoms with E-state index in [-0.39, 0.29) is 24.2 Å². The summed E-state index contributed by atoms with van der Waals surface area (Å²) in [5.41, 5.74) is 1.43. The molecule has 2 heterocycles. The van der Waals surface area contributed by atoms with Crippen molar-refractivity contribution in [2.45, 2.75) is 64.7 Å². The highest BCUT2D eigenvalue weighted by Crippen LogP contribution is 2.34. The second-order valence-corrected chi connectivity index (χ2v) is 7.83. The molecule has 3 rings (SSSR count). The first-order valence-electron chi connectivity index (χ1n) is 10.1. The number of carbonyl (C=O) groups is 1. The quantitative estimate of drug-likeness (QED) is 0.699. The minimum atomic E-state index is -0.0376. The molecule has 0 bridgehead atoms. The molecule has 0 aliphatic heterocycles. The molecule has 160 valence electrons. The monoisotopic (exact) mass is 424 g/mol. The minimum absolute atomic E-state index is 0.0152. The predicted molar refractivity (Wildman–Crippen MR) is 111 cm³/mol. The first-order valence-corrected chi connectivity index (χ1v) is 10.5. The van der Waals surface area contributed by atoms with E-state index in [1.54, 1.807) is 6.20 Å². The van der Waals surface area contributed by atoms with Gasteiger partial charge in [0.2, 0.25) is 11.8 Å². The second-order valence-electron chi connectivity index (χ2n) is 7.45. The molecule has 2 aromatic heterocycles. The largest absolute Gasteiger partial charge is 0.477 e. The lowest BCUT2D eigenvalue weighted by molar-refractivity contribution is -0.120. The first kappa shape index (κ1) is 21.6. The SMILES string of the molecule is CCOc1ncc2nc(O[C@H]3CC[C@H](OC[C@H](C)NC(C)=O)CC3)n(C)c2c1Cl. The second kappa shape index (κ2) is 9.63. The highest BCUT2D eigenvalue weighted by atomic mass is 35.5. The Bertz CT molecular complexity index is 849. The van der Waals surface area contributed by atoms with Crippen LogP contribution in [0, 0.1) is 0 Å². The number of ether oxygens (including phenoxy) is 3. The molecule has 0 aromatic carbocycles. The molecule has 1 N–H and O–H groups in total. The van der Waals surface area contributed by atoms with Crippen molar-refractivity contribution in [1.82, 2.24) is 19.9 Å². The van der Waals surface area contributed by atoms with Crippen LogP contribution >= 0.6 is 11.6 Å². The van der Waals surface area contributed by atoms with E-state index < -0.39 is 0 Å². The summed E-state index contributed by atoms with van der Waals surface area (Å²) in [6.45, 7) is 6.36. The van der Waals surface area contributed by atoms with Gasteiger partial charge in [-0.25, -0.2) is 4.98 Å². The van der Waals surface area contributed by atoms with Crippen LogP contribution in [0.1, 0.15) is 46.5 Å². The average molecular weight is 425 g/mol. The maximum atomic E-state index is 11.1. The molecule has 1 saturated carbocycles. The van der Waals surface area contributed by atoms with E-state index in [0.717, 1.165) is 31.2 Å². The van der Waals surface area contributed by atoms with Gasteiger partial charge in [-0.1, -0.05) is 11.6 Å². The fraction of sp³-hybridized carbons (Fsp3) is 0.650. The van der Waals surface area contributed by atoms with Gasteiger partial charge in [-0.15, -0.1) is 0 Å². The number of imidazole rings is 1. The molecule has 0 spiro atoms. The number of hydrogen-bond donors (Lipinski definition) is 1. The Morgan fingerprint density at radius 2 is 2.03 bits per heavy atom. The zero-order valence-electron chi connectivity index (χ0n) is 17.4. The summed E-state index contributed by atoms with van der Waals surface area (Å²) < 4.78 is 19.4. The van der Waals surface area contributed by atoms with Crippen molar-refractivity contribution in [2.75, 3.05) is 13.2 Å². The van der Waals surface area contributed by atoms with Crippen molar-refractivity contribution in [3.05, 3.63) is 11.2 Å². The van der Waals surface area contributed by atoms with Crippen LogP contribution < -0.4 is 14.8 Å². The van der Waals surface area contributed by atoms with E-state index in [1.807, 2.05) is 25.5 Å². The van der Waals surface area contributed by atoms with Crippen LogP contribution in [0.5, 0.6) is 11.9 Å². The number of fused-ring (bicyclic) bond motifs is 1. The Hall–Kier alpha value is -2.06. The Kier molecular flexibility index (Phi) is 7.18. The van der Waals surface area contributed by atoms with Crippen LogP contribution in [0.15, 0.2) is 6.20 Å². The first-order chi connectivity index (χ1) is 13.9. The average Bonchev–Trinajstić information content (AvgIpc) is 2.99. The Morgan fingerprint density at radius 1 is 1.34 bits per heavy atom. The Balaban J connectivity index is 1.56. The molecule has 9 heteroatoms. The van der Waals surface area contributed by atoms with Crippen molar-refractivity contribution in [2.24, 2.45) is 7.05 Å². The topological polar surface area (TPSA) is 87.5 Å². The fourth-order valence-electron chi connectivity index (χ4n) is 3.60. The molecule has 0 saturated heterocycles. The van der Waals surface area contributed by atoms with E-state index in [0.29, 0.717) is 35.6 Å². The highest BCUT2D eigenvalue weighted by Gasteiger charge is 2.25. The standard InChI is InChI=1S/C20H29ClN4O4/c1-5-27-19-17(21)18-16(10-22-19)24-20(25(18)4)29-15-8-6-14(7-9-15)28-11-12(2)23-13(3)26/h10,12,14-15H,5-9,11H2,1-4H3,(H,23,26)/t12-,14-,15-/m0/s1. The van der Waals surface area contributed by atoms with Gasteiger partial charge in [-0.3, -0.25) is 9.36 Å². The number of aryl methyl sites for hydroxylation is 1. The van der Waals surface area contributed by atoms with E-state index in [4.69, 9.17) is 25.8 Å². The number of nitrogens with zero attached hydrogens (tertiary/aromatic N) is 3. The van der Waals surface area contributed by atoms with Crippen LogP contribution in [-0.4, -0.2) is 51.9 Å². The number of hydrogen-bond acceptors (Lipinski definition) is 6. The number of halogens is 1. The fourth-order valence-corrected chi connectivity index (χ4v) is 3.93. The lowest BCUT2D eigenvalue weighted by Crippen LogP contribution is -2.37. The minimum Gasteiger partial charge on any atom is -0.477 e. The van der Waals surface area contributed by atoms with Gasteiger partial charge in [-0.05, 0) is 39.5 Å². The van der Waals surface area contributed by atoms with Crippen LogP contribution in [-0.2, 0) is 16.6 Å².